The molecular formula is C14H14N2O3. The third-order valence-electron chi connectivity index (χ3n) is 2.62. The van der Waals surface area contributed by atoms with E-state index in [1.165, 1.54) is 25.4 Å². The topological polar surface area (TPSA) is 64.3 Å². The van der Waals surface area contributed by atoms with Crippen molar-refractivity contribution in [3.8, 4) is 11.5 Å². The van der Waals surface area contributed by atoms with E-state index in [2.05, 4.69) is 5.10 Å². The number of aromatic nitrogens is 2. The molecular weight excluding hydrogens is 244 g/mol. The van der Waals surface area contributed by atoms with Gasteiger partial charge in [0, 0.05) is 13.2 Å². The van der Waals surface area contributed by atoms with Crippen LogP contribution in [0.25, 0.3) is 6.08 Å². The predicted molar refractivity (Wildman–Crippen MR) is 71.2 cm³/mol. The smallest absolute Gasteiger partial charge is 0.189 e. The molecule has 0 saturated carbocycles. The van der Waals surface area contributed by atoms with Crippen LogP contribution in [-0.4, -0.2) is 27.8 Å². The second-order valence-electron chi connectivity index (χ2n) is 4.03. The Morgan fingerprint density at radius 2 is 2.26 bits per heavy atom. The maximum Gasteiger partial charge on any atom is 0.189 e. The monoisotopic (exact) mass is 258 g/mol. The highest BCUT2D eigenvalue weighted by atomic mass is 16.5. The third kappa shape index (κ3) is 3.01. The minimum Gasteiger partial charge on any atom is -0.504 e. The van der Waals surface area contributed by atoms with E-state index < -0.39 is 0 Å². The number of phenols is 1. The summed E-state index contributed by atoms with van der Waals surface area (Å²) < 4.78 is 6.52. The first-order valence-corrected chi connectivity index (χ1v) is 5.68. The van der Waals surface area contributed by atoms with E-state index >= 15 is 0 Å². The number of ether oxygens (including phenoxy) is 1. The lowest BCUT2D eigenvalue weighted by molar-refractivity contribution is 0.104. The minimum atomic E-state index is -0.136. The van der Waals surface area contributed by atoms with Crippen molar-refractivity contribution in [1.29, 1.82) is 0 Å². The molecule has 5 nitrogen and oxygen atoms in total. The van der Waals surface area contributed by atoms with Gasteiger partial charge in [-0.15, -0.1) is 0 Å². The fourth-order valence-corrected chi connectivity index (χ4v) is 1.63. The molecule has 0 radical (unpaired) electrons. The van der Waals surface area contributed by atoms with Crippen LogP contribution < -0.4 is 4.74 Å². The summed E-state index contributed by atoms with van der Waals surface area (Å²) in [5, 5.41) is 13.6. The number of hydrogen-bond donors (Lipinski definition) is 1. The van der Waals surface area contributed by atoms with E-state index in [1.807, 2.05) is 0 Å². The Kier molecular flexibility index (Phi) is 3.66. The molecule has 1 aromatic carbocycles. The van der Waals surface area contributed by atoms with Crippen LogP contribution in [0.4, 0.5) is 0 Å². The Hall–Kier alpha value is -2.56. The number of benzene rings is 1. The second kappa shape index (κ2) is 5.39. The Balaban J connectivity index is 2.14. The van der Waals surface area contributed by atoms with Crippen LogP contribution in [0.2, 0.25) is 0 Å². The summed E-state index contributed by atoms with van der Waals surface area (Å²) in [4.78, 5) is 11.8. The lowest BCUT2D eigenvalue weighted by atomic mass is 10.1. The number of rotatable bonds is 4. The number of methoxy groups -OCH3 is 1. The van der Waals surface area contributed by atoms with Crippen molar-refractivity contribution in [3.63, 3.8) is 0 Å². The van der Waals surface area contributed by atoms with Crippen LogP contribution in [-0.2, 0) is 7.05 Å². The lowest BCUT2D eigenvalue weighted by Gasteiger charge is -2.03. The van der Waals surface area contributed by atoms with Crippen molar-refractivity contribution in [1.82, 2.24) is 9.78 Å². The molecule has 0 aliphatic carbocycles. The highest BCUT2D eigenvalue weighted by Crippen LogP contribution is 2.26. The van der Waals surface area contributed by atoms with Crippen LogP contribution >= 0.6 is 0 Å². The first-order chi connectivity index (χ1) is 9.10. The molecule has 0 bridgehead atoms. The fraction of sp³-hybridized carbons (Fsp3) is 0.143. The average molecular weight is 258 g/mol. The highest BCUT2D eigenvalue weighted by Gasteiger charge is 2.04. The summed E-state index contributed by atoms with van der Waals surface area (Å²) in [7, 11) is 3.23. The zero-order valence-electron chi connectivity index (χ0n) is 10.7. The van der Waals surface area contributed by atoms with E-state index in [1.54, 1.807) is 36.1 Å². The molecule has 0 unspecified atom stereocenters. The van der Waals surface area contributed by atoms with E-state index in [9.17, 15) is 9.90 Å². The fourth-order valence-electron chi connectivity index (χ4n) is 1.63. The summed E-state index contributed by atoms with van der Waals surface area (Å²) in [6.07, 6.45) is 6.24. The molecule has 98 valence electrons. The number of aromatic hydroxyl groups is 1. The van der Waals surface area contributed by atoms with E-state index in [0.29, 0.717) is 11.3 Å². The Morgan fingerprint density at radius 1 is 1.47 bits per heavy atom. The van der Waals surface area contributed by atoms with Gasteiger partial charge in [-0.2, -0.15) is 5.10 Å². The number of aryl methyl sites for hydroxylation is 1. The summed E-state index contributed by atoms with van der Waals surface area (Å²) in [6.45, 7) is 0. The van der Waals surface area contributed by atoms with Crippen LogP contribution in [0, 0.1) is 0 Å². The molecule has 1 aromatic heterocycles. The maximum atomic E-state index is 11.8. The minimum absolute atomic E-state index is 0.0403. The molecule has 0 amide bonds. The molecule has 0 aliphatic heterocycles. The van der Waals surface area contributed by atoms with Crippen LogP contribution in [0.1, 0.15) is 15.9 Å². The Bertz CT molecular complexity index is 629. The Labute approximate surface area is 110 Å². The molecule has 2 aromatic rings. The van der Waals surface area contributed by atoms with Crippen LogP contribution in [0.15, 0.2) is 36.7 Å². The van der Waals surface area contributed by atoms with Crippen molar-refractivity contribution in [2.24, 2.45) is 7.05 Å². The van der Waals surface area contributed by atoms with Gasteiger partial charge in [-0.05, 0) is 23.8 Å². The van der Waals surface area contributed by atoms with Gasteiger partial charge in [0.25, 0.3) is 0 Å². The standard InChI is InChI=1S/C14H14N2O3/c1-16-9-11(8-15-16)12(17)5-3-10-4-6-14(19-2)13(18)7-10/h3-9,18H,1-2H3/b5-3-. The molecule has 0 spiro atoms. The third-order valence-corrected chi connectivity index (χ3v) is 2.62. The zero-order chi connectivity index (χ0) is 13.8. The van der Waals surface area contributed by atoms with Gasteiger partial charge in [0.05, 0.1) is 18.9 Å². The van der Waals surface area contributed by atoms with Crippen molar-refractivity contribution in [3.05, 3.63) is 47.8 Å². The van der Waals surface area contributed by atoms with Gasteiger partial charge in [-0.1, -0.05) is 12.1 Å². The number of hydrogen-bond acceptors (Lipinski definition) is 4. The van der Waals surface area contributed by atoms with Crippen LogP contribution in [0.5, 0.6) is 11.5 Å². The van der Waals surface area contributed by atoms with E-state index in [0.717, 1.165) is 5.56 Å². The largest absolute Gasteiger partial charge is 0.504 e. The highest BCUT2D eigenvalue weighted by molar-refractivity contribution is 6.06. The summed E-state index contributed by atoms with van der Waals surface area (Å²) in [5.74, 6) is 0.303. The van der Waals surface area contributed by atoms with Crippen molar-refractivity contribution < 1.29 is 14.6 Å². The number of allylic oxidation sites excluding steroid dienone is 1. The van der Waals surface area contributed by atoms with Gasteiger partial charge in [-0.3, -0.25) is 9.48 Å². The molecule has 2 rings (SSSR count). The summed E-state index contributed by atoms with van der Waals surface area (Å²) in [5.41, 5.74) is 1.24. The van der Waals surface area contributed by atoms with Gasteiger partial charge in [0.15, 0.2) is 17.3 Å². The quantitative estimate of drug-likeness (QED) is 0.673. The number of phenolic OH excluding ortho intramolecular Hbond substituents is 1. The number of nitrogens with zero attached hydrogens (tertiary/aromatic N) is 2. The van der Waals surface area contributed by atoms with Crippen molar-refractivity contribution >= 4 is 11.9 Å². The molecule has 1 N–H and O–H groups in total. The SMILES string of the molecule is COc1ccc(/C=C\C(=O)c2cnn(C)c2)cc1O. The first kappa shape index (κ1) is 12.9. The molecule has 0 saturated heterocycles. The maximum absolute atomic E-state index is 11.8. The van der Waals surface area contributed by atoms with Gasteiger partial charge in [0.2, 0.25) is 0 Å². The van der Waals surface area contributed by atoms with Crippen molar-refractivity contribution in [2.45, 2.75) is 0 Å². The second-order valence-corrected chi connectivity index (χ2v) is 4.03. The van der Waals surface area contributed by atoms with Crippen LogP contribution in [0.3, 0.4) is 0 Å². The van der Waals surface area contributed by atoms with Crippen molar-refractivity contribution in [2.75, 3.05) is 7.11 Å². The molecule has 0 atom stereocenters. The normalized spacial score (nSPS) is 10.8. The van der Waals surface area contributed by atoms with Gasteiger partial charge < -0.3 is 9.84 Å². The lowest BCUT2D eigenvalue weighted by Crippen LogP contribution is -1.92. The molecule has 5 heteroatoms. The summed E-state index contributed by atoms with van der Waals surface area (Å²) in [6, 6.07) is 4.93. The predicted octanol–water partition coefficient (Wildman–Crippen LogP) is 2.03. The number of carbonyl (C=O) groups excluding carboxylic acids is 1. The Morgan fingerprint density at radius 3 is 2.84 bits per heavy atom. The van der Waals surface area contributed by atoms with Gasteiger partial charge >= 0.3 is 0 Å². The first-order valence-electron chi connectivity index (χ1n) is 5.68. The van der Waals surface area contributed by atoms with Gasteiger partial charge in [0.1, 0.15) is 0 Å². The average Bonchev–Trinajstić information content (AvgIpc) is 2.83. The molecule has 0 fully saturated rings. The van der Waals surface area contributed by atoms with E-state index in [4.69, 9.17) is 4.74 Å². The molecule has 19 heavy (non-hydrogen) atoms. The molecule has 1 heterocycles. The number of ketones is 1. The van der Waals surface area contributed by atoms with E-state index in [-0.39, 0.29) is 11.5 Å². The molecule has 0 aliphatic rings. The van der Waals surface area contributed by atoms with Gasteiger partial charge in [-0.25, -0.2) is 0 Å². The summed E-state index contributed by atoms with van der Waals surface area (Å²) >= 11 is 0. The number of carbonyl (C=O) groups is 1. The zero-order valence-corrected chi connectivity index (χ0v) is 10.7.